The first-order chi connectivity index (χ1) is 14.9. The molecule has 0 aliphatic rings. The number of hydroxylamine groups is 1. The number of rotatable bonds is 12. The number of methoxy groups -OCH3 is 1. The van der Waals surface area contributed by atoms with Gasteiger partial charge in [-0.15, -0.1) is 11.3 Å². The van der Waals surface area contributed by atoms with Crippen molar-refractivity contribution >= 4 is 33.3 Å². The van der Waals surface area contributed by atoms with Gasteiger partial charge in [-0.3, -0.25) is 10.0 Å². The van der Waals surface area contributed by atoms with E-state index >= 15 is 0 Å². The zero-order chi connectivity index (χ0) is 22.7. The molecule has 31 heavy (non-hydrogen) atoms. The van der Waals surface area contributed by atoms with Gasteiger partial charge < -0.3 is 15.4 Å². The molecule has 2 aromatic rings. The van der Waals surface area contributed by atoms with E-state index in [0.29, 0.717) is 18.7 Å². The molecule has 0 radical (unpaired) electrons. The first kappa shape index (κ1) is 24.6. The van der Waals surface area contributed by atoms with Crippen molar-refractivity contribution in [3.8, 4) is 5.75 Å². The Morgan fingerprint density at radius 1 is 1.13 bits per heavy atom. The van der Waals surface area contributed by atoms with Crippen LogP contribution >= 0.6 is 11.3 Å². The van der Waals surface area contributed by atoms with Crippen LogP contribution in [0.2, 0.25) is 0 Å². The number of hydrogen-bond donors (Lipinski definition) is 5. The van der Waals surface area contributed by atoms with Crippen LogP contribution in [0.25, 0.3) is 0 Å². The fourth-order valence-corrected chi connectivity index (χ4v) is 4.60. The summed E-state index contributed by atoms with van der Waals surface area (Å²) >= 11 is 1.62. The Balaban J connectivity index is 1.80. The van der Waals surface area contributed by atoms with Crippen molar-refractivity contribution in [1.82, 2.24) is 20.8 Å². The van der Waals surface area contributed by atoms with Gasteiger partial charge in [-0.2, -0.15) is 4.72 Å². The van der Waals surface area contributed by atoms with E-state index in [1.807, 2.05) is 17.5 Å². The van der Waals surface area contributed by atoms with Crippen LogP contribution in [0.5, 0.6) is 5.75 Å². The number of sulfonamides is 1. The molecule has 0 bridgehead atoms. The van der Waals surface area contributed by atoms with E-state index in [0.717, 1.165) is 6.42 Å². The third-order valence-corrected chi connectivity index (χ3v) is 6.71. The van der Waals surface area contributed by atoms with E-state index in [4.69, 9.17) is 9.94 Å². The Hall–Kier alpha value is -2.67. The standard InChI is InChI=1S/C19H26N4O6S2/c1-29-14-6-8-16(9-7-14)31(27,28)23-17(18(24)22-26)5-2-11-20-19(25)21-12-10-15-4-3-13-30-15/h3-4,6-9,13,17,23,26H,2,5,10-12H2,1H3,(H,22,24)(H2,20,21,25). The number of thiophene rings is 1. The highest BCUT2D eigenvalue weighted by Gasteiger charge is 2.25. The van der Waals surface area contributed by atoms with Crippen LogP contribution in [0.3, 0.4) is 0 Å². The lowest BCUT2D eigenvalue weighted by molar-refractivity contribution is -0.131. The van der Waals surface area contributed by atoms with Crippen molar-refractivity contribution in [3.05, 3.63) is 46.7 Å². The topological polar surface area (TPSA) is 146 Å². The van der Waals surface area contributed by atoms with Crippen molar-refractivity contribution in [3.63, 3.8) is 0 Å². The molecular formula is C19H26N4O6S2. The van der Waals surface area contributed by atoms with Gasteiger partial charge in [-0.25, -0.2) is 18.7 Å². The molecule has 1 aromatic heterocycles. The second-order valence-electron chi connectivity index (χ2n) is 6.48. The minimum atomic E-state index is -4.00. The summed E-state index contributed by atoms with van der Waals surface area (Å²) in [6.45, 7) is 0.716. The zero-order valence-electron chi connectivity index (χ0n) is 17.0. The molecule has 2 rings (SSSR count). The molecule has 1 unspecified atom stereocenters. The number of nitrogens with one attached hydrogen (secondary N) is 4. The van der Waals surface area contributed by atoms with E-state index in [1.165, 1.54) is 41.7 Å². The molecule has 12 heteroatoms. The summed E-state index contributed by atoms with van der Waals surface area (Å²) in [5, 5.41) is 16.3. The number of benzene rings is 1. The summed E-state index contributed by atoms with van der Waals surface area (Å²) in [6.07, 6.45) is 1.11. The highest BCUT2D eigenvalue weighted by atomic mass is 32.2. The first-order valence-corrected chi connectivity index (χ1v) is 11.9. The molecule has 3 amide bonds. The maximum absolute atomic E-state index is 12.5. The number of amides is 3. The minimum absolute atomic E-state index is 0.0488. The predicted octanol–water partition coefficient (Wildman–Crippen LogP) is 1.23. The maximum atomic E-state index is 12.5. The Labute approximate surface area is 185 Å². The molecule has 0 fully saturated rings. The molecule has 10 nitrogen and oxygen atoms in total. The van der Waals surface area contributed by atoms with Gasteiger partial charge in [0.15, 0.2) is 0 Å². The van der Waals surface area contributed by atoms with Crippen molar-refractivity contribution in [2.45, 2.75) is 30.2 Å². The van der Waals surface area contributed by atoms with Crippen molar-refractivity contribution in [1.29, 1.82) is 0 Å². The molecule has 0 aliphatic carbocycles. The van der Waals surface area contributed by atoms with Crippen LogP contribution in [-0.2, 0) is 21.2 Å². The van der Waals surface area contributed by atoms with E-state index in [-0.39, 0.29) is 23.9 Å². The van der Waals surface area contributed by atoms with Gasteiger partial charge in [-0.1, -0.05) is 6.07 Å². The predicted molar refractivity (Wildman–Crippen MR) is 116 cm³/mol. The van der Waals surface area contributed by atoms with E-state index in [9.17, 15) is 18.0 Å². The van der Waals surface area contributed by atoms with E-state index < -0.39 is 22.0 Å². The third kappa shape index (κ3) is 8.17. The highest BCUT2D eigenvalue weighted by Crippen LogP contribution is 2.16. The normalized spacial score (nSPS) is 12.1. The summed E-state index contributed by atoms with van der Waals surface area (Å²) in [5.41, 5.74) is 1.46. The van der Waals surface area contributed by atoms with Crippen LogP contribution in [0.4, 0.5) is 4.79 Å². The SMILES string of the molecule is COc1ccc(S(=O)(=O)NC(CCCNC(=O)NCCc2cccs2)C(=O)NO)cc1. The van der Waals surface area contributed by atoms with Crippen molar-refractivity contribution in [2.24, 2.45) is 0 Å². The summed E-state index contributed by atoms with van der Waals surface area (Å²) in [4.78, 5) is 24.8. The van der Waals surface area contributed by atoms with E-state index in [1.54, 1.807) is 11.3 Å². The van der Waals surface area contributed by atoms with Crippen LogP contribution in [0.1, 0.15) is 17.7 Å². The molecule has 0 saturated carbocycles. The highest BCUT2D eigenvalue weighted by molar-refractivity contribution is 7.89. The van der Waals surface area contributed by atoms with Gasteiger partial charge in [0.25, 0.3) is 5.91 Å². The van der Waals surface area contributed by atoms with Gasteiger partial charge >= 0.3 is 6.03 Å². The van der Waals surface area contributed by atoms with Crippen LogP contribution in [0, 0.1) is 0 Å². The lowest BCUT2D eigenvalue weighted by Crippen LogP contribution is -2.46. The Kier molecular flexibility index (Phi) is 9.72. The molecule has 0 saturated heterocycles. The summed E-state index contributed by atoms with van der Waals surface area (Å²) in [7, 11) is -2.54. The average molecular weight is 471 g/mol. The second kappa shape index (κ2) is 12.2. The maximum Gasteiger partial charge on any atom is 0.314 e. The fourth-order valence-electron chi connectivity index (χ4n) is 2.66. The third-order valence-electron chi connectivity index (χ3n) is 4.29. The Bertz CT molecular complexity index is 933. The molecule has 1 heterocycles. The smallest absolute Gasteiger partial charge is 0.314 e. The monoisotopic (exact) mass is 470 g/mol. The van der Waals surface area contributed by atoms with Gasteiger partial charge in [0.1, 0.15) is 11.8 Å². The van der Waals surface area contributed by atoms with Crippen LogP contribution < -0.4 is 25.6 Å². The first-order valence-electron chi connectivity index (χ1n) is 9.50. The Morgan fingerprint density at radius 2 is 1.84 bits per heavy atom. The lowest BCUT2D eigenvalue weighted by atomic mass is 10.1. The van der Waals surface area contributed by atoms with Crippen LogP contribution in [0.15, 0.2) is 46.7 Å². The molecule has 1 atom stereocenters. The van der Waals surface area contributed by atoms with Crippen molar-refractivity contribution < 1.29 is 28.0 Å². The number of hydrogen-bond acceptors (Lipinski definition) is 7. The number of carbonyl (C=O) groups is 2. The summed E-state index contributed by atoms with van der Waals surface area (Å²) in [6, 6.07) is 8.03. The fraction of sp³-hybridized carbons (Fsp3) is 0.368. The van der Waals surface area contributed by atoms with E-state index in [2.05, 4.69) is 15.4 Å². The number of ether oxygens (including phenoxy) is 1. The number of urea groups is 1. The molecule has 1 aromatic carbocycles. The quantitative estimate of drug-likeness (QED) is 0.179. The van der Waals surface area contributed by atoms with Crippen LogP contribution in [-0.4, -0.2) is 51.8 Å². The average Bonchev–Trinajstić information content (AvgIpc) is 3.28. The lowest BCUT2D eigenvalue weighted by Gasteiger charge is -2.17. The summed E-state index contributed by atoms with van der Waals surface area (Å²) in [5.74, 6) is -0.402. The Morgan fingerprint density at radius 3 is 2.45 bits per heavy atom. The molecular weight excluding hydrogens is 444 g/mol. The molecule has 0 aliphatic heterocycles. The molecule has 5 N–H and O–H groups in total. The van der Waals surface area contributed by atoms with Gasteiger partial charge in [0.2, 0.25) is 10.0 Å². The molecule has 170 valence electrons. The minimum Gasteiger partial charge on any atom is -0.497 e. The zero-order valence-corrected chi connectivity index (χ0v) is 18.6. The van der Waals surface area contributed by atoms with Crippen molar-refractivity contribution in [2.75, 3.05) is 20.2 Å². The number of carbonyl (C=O) groups excluding carboxylic acids is 2. The molecule has 0 spiro atoms. The van der Waals surface area contributed by atoms with Gasteiger partial charge in [0, 0.05) is 18.0 Å². The van der Waals surface area contributed by atoms with Gasteiger partial charge in [-0.05, 0) is 55.0 Å². The van der Waals surface area contributed by atoms with Gasteiger partial charge in [0.05, 0.1) is 12.0 Å². The second-order valence-corrected chi connectivity index (χ2v) is 9.23. The largest absolute Gasteiger partial charge is 0.497 e. The summed E-state index contributed by atoms with van der Waals surface area (Å²) < 4.78 is 32.3.